The second kappa shape index (κ2) is 6.25. The SMILES string of the molecule is CCc1nc(COC(=O)c2ccc(F)cc2Br)cs1. The third kappa shape index (κ3) is 3.61. The van der Waals surface area contributed by atoms with Crippen molar-refractivity contribution in [3.63, 3.8) is 0 Å². The zero-order valence-electron chi connectivity index (χ0n) is 10.2. The van der Waals surface area contributed by atoms with Crippen molar-refractivity contribution < 1.29 is 13.9 Å². The number of hydrogen-bond acceptors (Lipinski definition) is 4. The van der Waals surface area contributed by atoms with E-state index >= 15 is 0 Å². The lowest BCUT2D eigenvalue weighted by molar-refractivity contribution is 0.0467. The molecule has 2 aromatic rings. The number of carbonyl (C=O) groups excluding carboxylic acids is 1. The maximum Gasteiger partial charge on any atom is 0.339 e. The molecule has 0 aliphatic rings. The Kier molecular flexibility index (Phi) is 4.66. The van der Waals surface area contributed by atoms with E-state index in [9.17, 15) is 9.18 Å². The van der Waals surface area contributed by atoms with Gasteiger partial charge in [-0.25, -0.2) is 14.2 Å². The molecule has 1 aromatic heterocycles. The minimum absolute atomic E-state index is 0.124. The third-order valence-corrected chi connectivity index (χ3v) is 4.10. The third-order valence-electron chi connectivity index (χ3n) is 2.40. The number of rotatable bonds is 4. The molecule has 0 atom stereocenters. The van der Waals surface area contributed by atoms with E-state index in [1.807, 2.05) is 12.3 Å². The monoisotopic (exact) mass is 343 g/mol. The van der Waals surface area contributed by atoms with E-state index in [1.54, 1.807) is 11.3 Å². The summed E-state index contributed by atoms with van der Waals surface area (Å²) in [6, 6.07) is 3.84. The van der Waals surface area contributed by atoms with Gasteiger partial charge in [0, 0.05) is 9.85 Å². The number of esters is 1. The largest absolute Gasteiger partial charge is 0.456 e. The molecule has 0 amide bonds. The van der Waals surface area contributed by atoms with Crippen LogP contribution in [0.2, 0.25) is 0 Å². The molecule has 1 heterocycles. The van der Waals surface area contributed by atoms with Crippen LogP contribution in [0.5, 0.6) is 0 Å². The van der Waals surface area contributed by atoms with Crippen molar-refractivity contribution in [2.45, 2.75) is 20.0 Å². The van der Waals surface area contributed by atoms with Crippen LogP contribution in [0.1, 0.15) is 28.0 Å². The number of aromatic nitrogens is 1. The molecule has 100 valence electrons. The number of aryl methyl sites for hydroxylation is 1. The van der Waals surface area contributed by atoms with Gasteiger partial charge in [-0.1, -0.05) is 6.92 Å². The van der Waals surface area contributed by atoms with Gasteiger partial charge in [0.15, 0.2) is 0 Å². The van der Waals surface area contributed by atoms with Crippen molar-refractivity contribution in [2.24, 2.45) is 0 Å². The van der Waals surface area contributed by atoms with Gasteiger partial charge in [0.05, 0.1) is 16.3 Å². The number of carbonyl (C=O) groups is 1. The van der Waals surface area contributed by atoms with Gasteiger partial charge < -0.3 is 4.74 Å². The van der Waals surface area contributed by atoms with Crippen LogP contribution < -0.4 is 0 Å². The van der Waals surface area contributed by atoms with Gasteiger partial charge in [0.2, 0.25) is 0 Å². The fraction of sp³-hybridized carbons (Fsp3) is 0.231. The average molecular weight is 344 g/mol. The van der Waals surface area contributed by atoms with Gasteiger partial charge in [-0.3, -0.25) is 0 Å². The second-order valence-corrected chi connectivity index (χ2v) is 5.58. The number of hydrogen-bond donors (Lipinski definition) is 0. The van der Waals surface area contributed by atoms with Crippen molar-refractivity contribution in [1.29, 1.82) is 0 Å². The molecule has 0 aliphatic heterocycles. The molecule has 0 N–H and O–H groups in total. The van der Waals surface area contributed by atoms with Crippen LogP contribution in [-0.4, -0.2) is 11.0 Å². The Bertz CT molecular complexity index is 600. The molecule has 0 spiro atoms. The summed E-state index contributed by atoms with van der Waals surface area (Å²) in [5, 5.41) is 2.88. The summed E-state index contributed by atoms with van der Waals surface area (Å²) in [5.74, 6) is -0.909. The van der Waals surface area contributed by atoms with Gasteiger partial charge >= 0.3 is 5.97 Å². The van der Waals surface area contributed by atoms with Crippen molar-refractivity contribution in [3.8, 4) is 0 Å². The molecule has 2 rings (SSSR count). The van der Waals surface area contributed by atoms with E-state index in [1.165, 1.54) is 18.2 Å². The molecule has 6 heteroatoms. The lowest BCUT2D eigenvalue weighted by atomic mass is 10.2. The van der Waals surface area contributed by atoms with Crippen molar-refractivity contribution in [3.05, 3.63) is 50.1 Å². The lowest BCUT2D eigenvalue weighted by Crippen LogP contribution is -2.06. The second-order valence-electron chi connectivity index (χ2n) is 3.79. The lowest BCUT2D eigenvalue weighted by Gasteiger charge is -2.05. The van der Waals surface area contributed by atoms with E-state index in [0.717, 1.165) is 17.1 Å². The summed E-state index contributed by atoms with van der Waals surface area (Å²) < 4.78 is 18.4. The van der Waals surface area contributed by atoms with E-state index in [-0.39, 0.29) is 6.61 Å². The fourth-order valence-corrected chi connectivity index (χ4v) is 2.69. The Labute approximate surface area is 122 Å². The molecule has 0 fully saturated rings. The van der Waals surface area contributed by atoms with Crippen molar-refractivity contribution in [2.75, 3.05) is 0 Å². The Morgan fingerprint density at radius 1 is 1.53 bits per heavy atom. The highest BCUT2D eigenvalue weighted by atomic mass is 79.9. The summed E-state index contributed by atoms with van der Waals surface area (Å²) in [5.41, 5.74) is 1.03. The average Bonchev–Trinajstić information content (AvgIpc) is 2.84. The first kappa shape index (κ1) is 14.1. The smallest absolute Gasteiger partial charge is 0.339 e. The molecule has 0 bridgehead atoms. The highest BCUT2D eigenvalue weighted by Crippen LogP contribution is 2.19. The highest BCUT2D eigenvalue weighted by molar-refractivity contribution is 9.10. The van der Waals surface area contributed by atoms with Gasteiger partial charge in [-0.05, 0) is 40.5 Å². The topological polar surface area (TPSA) is 39.2 Å². The zero-order valence-corrected chi connectivity index (χ0v) is 12.6. The standard InChI is InChI=1S/C13H11BrFNO2S/c1-2-12-16-9(7-19-12)6-18-13(17)10-4-3-8(15)5-11(10)14/h3-5,7H,2,6H2,1H3. The van der Waals surface area contributed by atoms with Gasteiger partial charge in [0.25, 0.3) is 0 Å². The van der Waals surface area contributed by atoms with E-state index in [2.05, 4.69) is 20.9 Å². The normalized spacial score (nSPS) is 10.5. The molecule has 19 heavy (non-hydrogen) atoms. The minimum Gasteiger partial charge on any atom is -0.456 e. The first-order valence-electron chi connectivity index (χ1n) is 5.65. The molecule has 0 saturated carbocycles. The summed E-state index contributed by atoms with van der Waals surface area (Å²) in [7, 11) is 0. The maximum atomic E-state index is 12.9. The zero-order chi connectivity index (χ0) is 13.8. The van der Waals surface area contributed by atoms with E-state index < -0.39 is 11.8 Å². The van der Waals surface area contributed by atoms with Crippen molar-refractivity contribution >= 4 is 33.2 Å². The maximum absolute atomic E-state index is 12.9. The number of nitrogens with zero attached hydrogens (tertiary/aromatic N) is 1. The Morgan fingerprint density at radius 2 is 2.32 bits per heavy atom. The molecule has 1 aromatic carbocycles. The number of benzene rings is 1. The first-order valence-corrected chi connectivity index (χ1v) is 7.33. The number of thiazole rings is 1. The molecule has 0 radical (unpaired) electrons. The van der Waals surface area contributed by atoms with Gasteiger partial charge in [-0.2, -0.15) is 0 Å². The molecular formula is C13H11BrFNO2S. The Balaban J connectivity index is 2.01. The molecule has 0 saturated heterocycles. The molecule has 0 unspecified atom stereocenters. The summed E-state index contributed by atoms with van der Waals surface area (Å²) >= 11 is 4.68. The molecular weight excluding hydrogens is 333 g/mol. The van der Waals surface area contributed by atoms with Crippen LogP contribution in [0, 0.1) is 5.82 Å². The summed E-state index contributed by atoms with van der Waals surface area (Å²) in [6.45, 7) is 2.14. The van der Waals surface area contributed by atoms with Crippen LogP contribution in [0.25, 0.3) is 0 Å². The highest BCUT2D eigenvalue weighted by Gasteiger charge is 2.13. The molecule has 0 aliphatic carbocycles. The van der Waals surface area contributed by atoms with Crippen molar-refractivity contribution in [1.82, 2.24) is 4.98 Å². The first-order chi connectivity index (χ1) is 9.10. The quantitative estimate of drug-likeness (QED) is 0.788. The van der Waals surface area contributed by atoms with Crippen LogP contribution in [0.3, 0.4) is 0 Å². The van der Waals surface area contributed by atoms with Crippen LogP contribution >= 0.6 is 27.3 Å². The van der Waals surface area contributed by atoms with E-state index in [4.69, 9.17) is 4.74 Å². The van der Waals surface area contributed by atoms with Crippen LogP contribution in [0.15, 0.2) is 28.1 Å². The predicted octanol–water partition coefficient (Wildman–Crippen LogP) is 3.96. The van der Waals surface area contributed by atoms with E-state index in [0.29, 0.717) is 10.0 Å². The predicted molar refractivity (Wildman–Crippen MR) is 74.7 cm³/mol. The Morgan fingerprint density at radius 3 is 2.95 bits per heavy atom. The summed E-state index contributed by atoms with van der Waals surface area (Å²) in [4.78, 5) is 16.1. The number of ether oxygens (including phenoxy) is 1. The number of halogens is 2. The Hall–Kier alpha value is -1.27. The van der Waals surface area contributed by atoms with Crippen LogP contribution in [0.4, 0.5) is 4.39 Å². The van der Waals surface area contributed by atoms with Crippen LogP contribution in [-0.2, 0) is 17.8 Å². The van der Waals surface area contributed by atoms with Gasteiger partial charge in [0.1, 0.15) is 12.4 Å². The fourth-order valence-electron chi connectivity index (χ4n) is 1.45. The van der Waals surface area contributed by atoms with Gasteiger partial charge in [-0.15, -0.1) is 11.3 Å². The molecule has 3 nitrogen and oxygen atoms in total. The minimum atomic E-state index is -0.502. The summed E-state index contributed by atoms with van der Waals surface area (Å²) in [6.07, 6.45) is 0.863.